The maximum Gasteiger partial charge on any atom is 0.315 e. The van der Waals surface area contributed by atoms with Gasteiger partial charge in [0.15, 0.2) is 0 Å². The second-order valence-corrected chi connectivity index (χ2v) is 8.17. The number of allylic oxidation sites excluding steroid dienone is 1. The van der Waals surface area contributed by atoms with Gasteiger partial charge in [-0.3, -0.25) is 9.59 Å². The van der Waals surface area contributed by atoms with Crippen LogP contribution in [-0.4, -0.2) is 28.6 Å². The Morgan fingerprint density at radius 1 is 1.19 bits per heavy atom. The van der Waals surface area contributed by atoms with Gasteiger partial charge in [-0.1, -0.05) is 49.3 Å². The molecule has 0 aliphatic heterocycles. The molecule has 0 amide bonds. The number of carboxylic acid groups (broad SMARTS) is 2. The number of rotatable bonds is 6. The lowest BCUT2D eigenvalue weighted by atomic mass is 9.63. The lowest BCUT2D eigenvalue weighted by molar-refractivity contribution is -0.167. The van der Waals surface area contributed by atoms with Crippen molar-refractivity contribution in [3.63, 3.8) is 0 Å². The van der Waals surface area contributed by atoms with E-state index in [9.17, 15) is 28.6 Å². The molecule has 0 bridgehead atoms. The smallest absolute Gasteiger partial charge is 0.315 e. The summed E-state index contributed by atoms with van der Waals surface area (Å²) in [6.07, 6.45) is -2.39. The summed E-state index contributed by atoms with van der Waals surface area (Å²) in [6, 6.07) is 5.90. The first-order chi connectivity index (χ1) is 12.4. The number of aliphatic carboxylic acids is 2. The predicted octanol–water partition coefficient (Wildman–Crippen LogP) is 4.81. The molecule has 0 saturated carbocycles. The van der Waals surface area contributed by atoms with Crippen molar-refractivity contribution in [1.82, 2.24) is 0 Å². The standard InChI is InChI=1S/C21H26F2O4/c1-12(2)16-6-5-13(3)7-15(16)8-14-9-20(4,18(24)25)11-21(10-14,17(22)23)19(26)27/h5-7,9,12,17H,8,10-11H2,1-4H3,(H,24,25)(H,26,27). The van der Waals surface area contributed by atoms with E-state index in [1.165, 1.54) is 13.0 Å². The van der Waals surface area contributed by atoms with Crippen molar-refractivity contribution in [2.45, 2.75) is 59.3 Å². The highest BCUT2D eigenvalue weighted by Gasteiger charge is 2.56. The lowest BCUT2D eigenvalue weighted by Crippen LogP contribution is -2.47. The summed E-state index contributed by atoms with van der Waals surface area (Å²) < 4.78 is 27.6. The monoisotopic (exact) mass is 380 g/mol. The van der Waals surface area contributed by atoms with Gasteiger partial charge in [0.05, 0.1) is 5.41 Å². The lowest BCUT2D eigenvalue weighted by Gasteiger charge is -2.40. The molecule has 4 nitrogen and oxygen atoms in total. The van der Waals surface area contributed by atoms with E-state index in [-0.39, 0.29) is 18.8 Å². The molecular weight excluding hydrogens is 354 g/mol. The fourth-order valence-electron chi connectivity index (χ4n) is 4.02. The van der Waals surface area contributed by atoms with E-state index in [1.807, 2.05) is 39.0 Å². The number of hydrogen-bond acceptors (Lipinski definition) is 2. The summed E-state index contributed by atoms with van der Waals surface area (Å²) in [5.74, 6) is -2.74. The molecule has 1 aromatic carbocycles. The van der Waals surface area contributed by atoms with Crippen molar-refractivity contribution >= 4 is 11.9 Å². The Bertz CT molecular complexity index is 784. The number of aryl methyl sites for hydroxylation is 1. The van der Waals surface area contributed by atoms with Crippen LogP contribution < -0.4 is 0 Å². The largest absolute Gasteiger partial charge is 0.481 e. The topological polar surface area (TPSA) is 74.6 Å². The minimum absolute atomic E-state index is 0.204. The Morgan fingerprint density at radius 2 is 1.81 bits per heavy atom. The number of carboxylic acids is 2. The van der Waals surface area contributed by atoms with Crippen LogP contribution in [-0.2, 0) is 16.0 Å². The average molecular weight is 380 g/mol. The molecule has 0 heterocycles. The first kappa shape index (κ1) is 21.1. The third kappa shape index (κ3) is 4.04. The van der Waals surface area contributed by atoms with Gasteiger partial charge < -0.3 is 10.2 Å². The highest BCUT2D eigenvalue weighted by Crippen LogP contribution is 2.50. The van der Waals surface area contributed by atoms with Gasteiger partial charge in [0.2, 0.25) is 0 Å². The van der Waals surface area contributed by atoms with Crippen molar-refractivity contribution in [3.05, 3.63) is 46.5 Å². The van der Waals surface area contributed by atoms with Gasteiger partial charge in [-0.15, -0.1) is 0 Å². The van der Waals surface area contributed by atoms with E-state index in [1.54, 1.807) is 0 Å². The maximum absolute atomic E-state index is 13.8. The number of halogens is 2. The van der Waals surface area contributed by atoms with Crippen molar-refractivity contribution < 1.29 is 28.6 Å². The van der Waals surface area contributed by atoms with Crippen molar-refractivity contribution in [2.75, 3.05) is 0 Å². The van der Waals surface area contributed by atoms with Gasteiger partial charge in [-0.05, 0) is 50.2 Å². The van der Waals surface area contributed by atoms with Gasteiger partial charge >= 0.3 is 11.9 Å². The van der Waals surface area contributed by atoms with E-state index in [2.05, 4.69) is 0 Å². The molecule has 0 aromatic heterocycles. The first-order valence-corrected chi connectivity index (χ1v) is 8.96. The van der Waals surface area contributed by atoms with Gasteiger partial charge in [0, 0.05) is 0 Å². The molecule has 1 aliphatic carbocycles. The highest BCUT2D eigenvalue weighted by atomic mass is 19.3. The molecule has 0 fully saturated rings. The molecule has 0 spiro atoms. The number of alkyl halides is 2. The summed E-state index contributed by atoms with van der Waals surface area (Å²) in [5.41, 5.74) is -0.642. The van der Waals surface area contributed by atoms with Crippen LogP contribution in [0.2, 0.25) is 0 Å². The molecule has 0 radical (unpaired) electrons. The molecule has 2 N–H and O–H groups in total. The Labute approximate surface area is 157 Å². The van der Waals surface area contributed by atoms with Crippen LogP contribution in [0, 0.1) is 17.8 Å². The van der Waals surface area contributed by atoms with Crippen LogP contribution in [0.1, 0.15) is 56.2 Å². The fourth-order valence-corrected chi connectivity index (χ4v) is 4.02. The molecule has 27 heavy (non-hydrogen) atoms. The SMILES string of the molecule is Cc1ccc(C(C)C)c(CC2=CC(C)(C(=O)O)CC(C(=O)O)(C(F)F)C2)c1. The molecular formula is C21H26F2O4. The summed E-state index contributed by atoms with van der Waals surface area (Å²) in [7, 11) is 0. The number of benzene rings is 1. The zero-order valence-electron chi connectivity index (χ0n) is 16.1. The second kappa shape index (κ2) is 7.41. The van der Waals surface area contributed by atoms with Crippen LogP contribution in [0.4, 0.5) is 8.78 Å². The van der Waals surface area contributed by atoms with Gasteiger partial charge in [-0.25, -0.2) is 8.78 Å². The molecule has 1 aromatic rings. The molecule has 148 valence electrons. The van der Waals surface area contributed by atoms with E-state index in [0.29, 0.717) is 5.57 Å². The zero-order chi connectivity index (χ0) is 20.6. The number of hydrogen-bond donors (Lipinski definition) is 2. The Balaban J connectivity index is 2.55. The third-order valence-electron chi connectivity index (χ3n) is 5.42. The van der Waals surface area contributed by atoms with E-state index in [0.717, 1.165) is 16.7 Å². The first-order valence-electron chi connectivity index (χ1n) is 8.96. The second-order valence-electron chi connectivity index (χ2n) is 8.17. The third-order valence-corrected chi connectivity index (χ3v) is 5.42. The summed E-state index contributed by atoms with van der Waals surface area (Å²) in [6.45, 7) is 7.27. The van der Waals surface area contributed by atoms with E-state index < -0.39 is 35.6 Å². The van der Waals surface area contributed by atoms with Crippen LogP contribution in [0.15, 0.2) is 29.8 Å². The van der Waals surface area contributed by atoms with Gasteiger partial charge in [0.25, 0.3) is 6.43 Å². The van der Waals surface area contributed by atoms with Gasteiger partial charge in [-0.2, -0.15) is 0 Å². The quantitative estimate of drug-likeness (QED) is 0.695. The Hall–Kier alpha value is -2.24. The Morgan fingerprint density at radius 3 is 2.30 bits per heavy atom. The minimum atomic E-state index is -3.15. The maximum atomic E-state index is 13.8. The summed E-state index contributed by atoms with van der Waals surface area (Å²) in [4.78, 5) is 23.5. The fraction of sp³-hybridized carbons (Fsp3) is 0.524. The van der Waals surface area contributed by atoms with Crippen LogP contribution in [0.3, 0.4) is 0 Å². The minimum Gasteiger partial charge on any atom is -0.481 e. The summed E-state index contributed by atoms with van der Waals surface area (Å²) >= 11 is 0. The highest BCUT2D eigenvalue weighted by molar-refractivity contribution is 5.82. The van der Waals surface area contributed by atoms with Crippen molar-refractivity contribution in [2.24, 2.45) is 10.8 Å². The summed E-state index contributed by atoms with van der Waals surface area (Å²) in [5, 5.41) is 19.1. The van der Waals surface area contributed by atoms with E-state index in [4.69, 9.17) is 0 Å². The van der Waals surface area contributed by atoms with Gasteiger partial charge in [0.1, 0.15) is 5.41 Å². The van der Waals surface area contributed by atoms with Crippen LogP contribution in [0.5, 0.6) is 0 Å². The van der Waals surface area contributed by atoms with Crippen LogP contribution >= 0.6 is 0 Å². The molecule has 0 saturated heterocycles. The zero-order valence-corrected chi connectivity index (χ0v) is 16.1. The molecule has 6 heteroatoms. The molecule has 1 aliphatic rings. The van der Waals surface area contributed by atoms with Crippen molar-refractivity contribution in [1.29, 1.82) is 0 Å². The number of carbonyl (C=O) groups is 2. The molecule has 2 unspecified atom stereocenters. The molecule has 2 rings (SSSR count). The van der Waals surface area contributed by atoms with Crippen molar-refractivity contribution in [3.8, 4) is 0 Å². The van der Waals surface area contributed by atoms with Crippen LogP contribution in [0.25, 0.3) is 0 Å². The molecule has 2 atom stereocenters. The predicted molar refractivity (Wildman–Crippen MR) is 98.1 cm³/mol. The average Bonchev–Trinajstić information content (AvgIpc) is 2.53. The van der Waals surface area contributed by atoms with E-state index >= 15 is 0 Å². The normalized spacial score (nSPS) is 25.6. The Kier molecular flexibility index (Phi) is 5.78.